The molecule has 0 aromatic carbocycles. The third kappa shape index (κ3) is 5.46. The van der Waals surface area contributed by atoms with Crippen molar-refractivity contribution in [2.75, 3.05) is 32.7 Å². The van der Waals surface area contributed by atoms with Gasteiger partial charge in [0.2, 0.25) is 5.91 Å². The van der Waals surface area contributed by atoms with E-state index in [1.165, 1.54) is 4.90 Å². The van der Waals surface area contributed by atoms with Crippen molar-refractivity contribution in [3.63, 3.8) is 0 Å². The molecule has 7 nitrogen and oxygen atoms in total. The molecule has 7 heteroatoms. The number of hydrogen-bond donors (Lipinski definition) is 2. The smallest absolute Gasteiger partial charge is 0.317 e. The molecule has 0 aromatic rings. The van der Waals surface area contributed by atoms with Gasteiger partial charge in [-0.05, 0) is 19.8 Å². The van der Waals surface area contributed by atoms with Crippen molar-refractivity contribution < 1.29 is 19.5 Å². The number of carboxylic acid groups (broad SMARTS) is 1. The van der Waals surface area contributed by atoms with Gasteiger partial charge in [-0.3, -0.25) is 9.59 Å². The first kappa shape index (κ1) is 16.3. The quantitative estimate of drug-likeness (QED) is 0.713. The maximum Gasteiger partial charge on any atom is 0.317 e. The number of nitrogens with zero attached hydrogens (tertiary/aromatic N) is 2. The van der Waals surface area contributed by atoms with E-state index in [0.29, 0.717) is 13.0 Å². The Morgan fingerprint density at radius 3 is 2.40 bits per heavy atom. The predicted octanol–water partition coefficient (Wildman–Crippen LogP) is 0.505. The monoisotopic (exact) mass is 285 g/mol. The van der Waals surface area contributed by atoms with Crippen LogP contribution in [0.4, 0.5) is 4.79 Å². The van der Waals surface area contributed by atoms with Crippen molar-refractivity contribution in [3.8, 4) is 0 Å². The number of likely N-dealkylation sites (tertiary alicyclic amines) is 1. The molecule has 2 N–H and O–H groups in total. The van der Waals surface area contributed by atoms with Crippen LogP contribution in [-0.4, -0.2) is 65.5 Å². The van der Waals surface area contributed by atoms with E-state index < -0.39 is 5.97 Å². The van der Waals surface area contributed by atoms with Crippen LogP contribution in [0.5, 0.6) is 0 Å². The van der Waals surface area contributed by atoms with Gasteiger partial charge >= 0.3 is 12.0 Å². The van der Waals surface area contributed by atoms with E-state index in [1.54, 1.807) is 6.92 Å². The number of urea groups is 1. The average molecular weight is 285 g/mol. The summed E-state index contributed by atoms with van der Waals surface area (Å²) in [6, 6.07) is -0.317. The molecule has 0 atom stereocenters. The van der Waals surface area contributed by atoms with Crippen LogP contribution in [-0.2, 0) is 9.59 Å². The second-order valence-corrected chi connectivity index (χ2v) is 4.79. The van der Waals surface area contributed by atoms with Gasteiger partial charge in [0.05, 0.1) is 6.42 Å². The fourth-order valence-corrected chi connectivity index (χ4v) is 2.15. The number of carbonyl (C=O) groups is 3. The van der Waals surface area contributed by atoms with Gasteiger partial charge in [-0.25, -0.2) is 4.79 Å². The number of nitrogens with one attached hydrogen (secondary N) is 1. The molecule has 20 heavy (non-hydrogen) atoms. The van der Waals surface area contributed by atoms with Crippen LogP contribution >= 0.6 is 0 Å². The highest BCUT2D eigenvalue weighted by atomic mass is 16.4. The van der Waals surface area contributed by atoms with Crippen LogP contribution in [0.1, 0.15) is 32.6 Å². The van der Waals surface area contributed by atoms with Crippen LogP contribution in [0.3, 0.4) is 0 Å². The molecule has 1 rings (SSSR count). The SMILES string of the molecule is CCN(CCC(=O)O)C(=O)NCCC(=O)N1CCCC1. The summed E-state index contributed by atoms with van der Waals surface area (Å²) in [5.41, 5.74) is 0. The molecule has 1 aliphatic heterocycles. The van der Waals surface area contributed by atoms with Gasteiger partial charge in [-0.2, -0.15) is 0 Å². The molecule has 1 aliphatic rings. The summed E-state index contributed by atoms with van der Waals surface area (Å²) < 4.78 is 0. The molecule has 0 aliphatic carbocycles. The van der Waals surface area contributed by atoms with Gasteiger partial charge in [-0.15, -0.1) is 0 Å². The molecular formula is C13H23N3O4. The van der Waals surface area contributed by atoms with Crippen molar-refractivity contribution in [3.05, 3.63) is 0 Å². The minimum absolute atomic E-state index is 0.0661. The van der Waals surface area contributed by atoms with E-state index in [-0.39, 0.29) is 31.4 Å². The molecule has 0 aromatic heterocycles. The van der Waals surface area contributed by atoms with Crippen molar-refractivity contribution in [2.45, 2.75) is 32.6 Å². The summed E-state index contributed by atoms with van der Waals surface area (Å²) in [5, 5.41) is 11.3. The molecule has 3 amide bonds. The normalized spacial score (nSPS) is 14.2. The Morgan fingerprint density at radius 2 is 1.85 bits per heavy atom. The zero-order valence-corrected chi connectivity index (χ0v) is 11.9. The second-order valence-electron chi connectivity index (χ2n) is 4.79. The number of carbonyl (C=O) groups excluding carboxylic acids is 2. The minimum atomic E-state index is -0.930. The van der Waals surface area contributed by atoms with Crippen LogP contribution in [0.25, 0.3) is 0 Å². The lowest BCUT2D eigenvalue weighted by atomic mass is 10.3. The first-order valence-corrected chi connectivity index (χ1v) is 7.07. The molecular weight excluding hydrogens is 262 g/mol. The summed E-state index contributed by atoms with van der Waals surface area (Å²) >= 11 is 0. The van der Waals surface area contributed by atoms with Crippen LogP contribution < -0.4 is 5.32 Å². The maximum absolute atomic E-state index is 11.8. The molecule has 0 unspecified atom stereocenters. The highest BCUT2D eigenvalue weighted by Gasteiger charge is 2.18. The van der Waals surface area contributed by atoms with Gasteiger partial charge in [-0.1, -0.05) is 0 Å². The van der Waals surface area contributed by atoms with E-state index in [9.17, 15) is 14.4 Å². The van der Waals surface area contributed by atoms with Crippen LogP contribution in [0, 0.1) is 0 Å². The van der Waals surface area contributed by atoms with E-state index in [0.717, 1.165) is 25.9 Å². The summed E-state index contributed by atoms with van der Waals surface area (Å²) in [6.07, 6.45) is 2.32. The standard InChI is InChI=1S/C13H23N3O4/c1-2-15(10-6-12(18)19)13(20)14-7-5-11(17)16-8-3-4-9-16/h2-10H2,1H3,(H,14,20)(H,18,19). The van der Waals surface area contributed by atoms with Gasteiger partial charge in [0.1, 0.15) is 0 Å². The zero-order valence-electron chi connectivity index (χ0n) is 11.9. The highest BCUT2D eigenvalue weighted by molar-refractivity contribution is 5.78. The summed E-state index contributed by atoms with van der Waals surface area (Å²) in [6.45, 7) is 4.32. The van der Waals surface area contributed by atoms with Crippen molar-refractivity contribution in [1.29, 1.82) is 0 Å². The number of aliphatic carboxylic acids is 1. The second kappa shape index (κ2) is 8.39. The first-order chi connectivity index (χ1) is 9.54. The molecule has 0 bridgehead atoms. The topological polar surface area (TPSA) is 90.0 Å². The molecule has 0 radical (unpaired) electrons. The number of rotatable bonds is 7. The van der Waals surface area contributed by atoms with Crippen molar-refractivity contribution >= 4 is 17.9 Å². The first-order valence-electron chi connectivity index (χ1n) is 7.07. The van der Waals surface area contributed by atoms with Crippen LogP contribution in [0.2, 0.25) is 0 Å². The Labute approximate surface area is 118 Å². The molecule has 0 spiro atoms. The zero-order chi connectivity index (χ0) is 15.0. The fourth-order valence-electron chi connectivity index (χ4n) is 2.15. The van der Waals surface area contributed by atoms with E-state index in [1.807, 2.05) is 4.90 Å². The number of carboxylic acids is 1. The molecule has 0 saturated carbocycles. The fraction of sp³-hybridized carbons (Fsp3) is 0.769. The van der Waals surface area contributed by atoms with Crippen LogP contribution in [0.15, 0.2) is 0 Å². The summed E-state index contributed by atoms with van der Waals surface area (Å²) in [5.74, 6) is -0.864. The van der Waals surface area contributed by atoms with Crippen molar-refractivity contribution in [1.82, 2.24) is 15.1 Å². The number of amides is 3. The lowest BCUT2D eigenvalue weighted by Crippen LogP contribution is -2.42. The Kier molecular flexibility index (Phi) is 6.83. The Balaban J connectivity index is 2.23. The predicted molar refractivity (Wildman–Crippen MR) is 73.3 cm³/mol. The van der Waals surface area contributed by atoms with Gasteiger partial charge in [0.15, 0.2) is 0 Å². The lowest BCUT2D eigenvalue weighted by Gasteiger charge is -2.21. The van der Waals surface area contributed by atoms with Gasteiger partial charge in [0.25, 0.3) is 0 Å². The third-order valence-corrected chi connectivity index (χ3v) is 3.34. The Hall–Kier alpha value is -1.79. The lowest BCUT2D eigenvalue weighted by molar-refractivity contribution is -0.137. The summed E-state index contributed by atoms with van der Waals surface area (Å²) in [7, 11) is 0. The third-order valence-electron chi connectivity index (χ3n) is 3.34. The Morgan fingerprint density at radius 1 is 1.20 bits per heavy atom. The average Bonchev–Trinajstić information content (AvgIpc) is 2.93. The number of hydrogen-bond acceptors (Lipinski definition) is 3. The van der Waals surface area contributed by atoms with E-state index in [2.05, 4.69) is 5.32 Å². The van der Waals surface area contributed by atoms with E-state index >= 15 is 0 Å². The summed E-state index contributed by atoms with van der Waals surface area (Å²) in [4.78, 5) is 37.3. The molecule has 1 saturated heterocycles. The Bertz CT molecular complexity index is 354. The minimum Gasteiger partial charge on any atom is -0.481 e. The van der Waals surface area contributed by atoms with Crippen molar-refractivity contribution in [2.24, 2.45) is 0 Å². The van der Waals surface area contributed by atoms with Gasteiger partial charge < -0.3 is 20.2 Å². The largest absolute Gasteiger partial charge is 0.481 e. The highest BCUT2D eigenvalue weighted by Crippen LogP contribution is 2.08. The molecule has 114 valence electrons. The van der Waals surface area contributed by atoms with E-state index in [4.69, 9.17) is 5.11 Å². The maximum atomic E-state index is 11.8. The van der Waals surface area contributed by atoms with Gasteiger partial charge in [0, 0.05) is 39.1 Å². The molecule has 1 heterocycles. The molecule has 1 fully saturated rings.